The van der Waals surface area contributed by atoms with Gasteiger partial charge in [0.2, 0.25) is 0 Å². The molecular formula is AlBBr3. The van der Waals surface area contributed by atoms with Crippen molar-refractivity contribution in [3.8, 4) is 0 Å². The van der Waals surface area contributed by atoms with E-state index in [-0.39, 0.29) is 76.7 Å². The van der Waals surface area contributed by atoms with Gasteiger partial charge in [0.25, 0.3) is 0 Å². The molecule has 0 aliphatic carbocycles. The van der Waals surface area contributed by atoms with Crippen LogP contribution in [0.25, 0.3) is 0 Å². The van der Waals surface area contributed by atoms with Crippen molar-refractivity contribution in [2.24, 2.45) is 0 Å². The van der Waals surface area contributed by atoms with Crippen LogP contribution in [-0.2, 0) is 0 Å². The molecule has 0 saturated carbocycles. The molecule has 0 bridgehead atoms. The Morgan fingerprint density at radius 3 is 0.600 bits per heavy atom. The summed E-state index contributed by atoms with van der Waals surface area (Å²) in [6.07, 6.45) is 0. The Balaban J connectivity index is 0. The Hall–Kier alpha value is 2.04. The van der Waals surface area contributed by atoms with Crippen LogP contribution in [0.5, 0.6) is 0 Å². The van der Waals surface area contributed by atoms with E-state index in [0.29, 0.717) is 0 Å². The topological polar surface area (TPSA) is 0 Å². The van der Waals surface area contributed by atoms with Crippen LogP contribution in [0.3, 0.4) is 0 Å². The van der Waals surface area contributed by atoms with E-state index in [2.05, 4.69) is 0 Å². The molecule has 0 rings (SSSR count). The predicted octanol–water partition coefficient (Wildman–Crippen LogP) is -9.75. The van der Waals surface area contributed by atoms with Crippen LogP contribution in [0.4, 0.5) is 0 Å². The summed E-state index contributed by atoms with van der Waals surface area (Å²) in [5.41, 5.74) is 0. The van der Waals surface area contributed by atoms with Crippen molar-refractivity contribution >= 4 is 25.8 Å². The monoisotopic (exact) mass is 275 g/mol. The van der Waals surface area contributed by atoms with Crippen LogP contribution in [0.2, 0.25) is 0 Å². The Bertz CT molecular complexity index is 6.85. The Kier molecular flexibility index (Phi) is 456. The maximum atomic E-state index is 0. The van der Waals surface area contributed by atoms with Crippen molar-refractivity contribution in [1.82, 2.24) is 0 Å². The Morgan fingerprint density at radius 2 is 0.600 bits per heavy atom. The number of hydrogen-bond donors (Lipinski definition) is 0. The summed E-state index contributed by atoms with van der Waals surface area (Å²) in [5.74, 6) is 0. The zero-order valence-electron chi connectivity index (χ0n) is 2.29. The Labute approximate surface area is 76.1 Å². The predicted molar refractivity (Wildman–Crippen MR) is 11.5 cm³/mol. The molecular weight excluding hydrogens is 278 g/mol. The minimum Gasteiger partial charge on any atom is -1.00 e. The van der Waals surface area contributed by atoms with Crippen molar-refractivity contribution in [2.45, 2.75) is 0 Å². The molecule has 0 heterocycles. The zero-order chi connectivity index (χ0) is 0. The molecule has 0 aliphatic rings. The van der Waals surface area contributed by atoms with Gasteiger partial charge in [-0.05, 0) is 0 Å². The van der Waals surface area contributed by atoms with Gasteiger partial charge >= 0.3 is 17.4 Å². The van der Waals surface area contributed by atoms with Gasteiger partial charge in [0.1, 0.15) is 0 Å². The molecule has 5 heteroatoms. The van der Waals surface area contributed by atoms with Crippen LogP contribution in [0.1, 0.15) is 0 Å². The molecule has 5 heavy (non-hydrogen) atoms. The quantitative estimate of drug-likeness (QED) is 0.386. The molecule has 0 N–H and O–H groups in total. The molecule has 0 aliphatic heterocycles. The van der Waals surface area contributed by atoms with Crippen molar-refractivity contribution in [3.05, 3.63) is 0 Å². The van der Waals surface area contributed by atoms with Crippen LogP contribution >= 0.6 is 0 Å². The van der Waals surface area contributed by atoms with E-state index in [0.717, 1.165) is 0 Å². The van der Waals surface area contributed by atoms with Gasteiger partial charge < -0.3 is 50.9 Å². The minimum atomic E-state index is 0. The molecule has 0 unspecified atom stereocenters. The first-order chi connectivity index (χ1) is 0. The van der Waals surface area contributed by atoms with E-state index in [9.17, 15) is 0 Å². The van der Waals surface area contributed by atoms with Crippen molar-refractivity contribution < 1.29 is 50.9 Å². The fraction of sp³-hybridized carbons (Fsp3) is 0. The molecule has 0 spiro atoms. The van der Waals surface area contributed by atoms with E-state index in [1.165, 1.54) is 0 Å². The fourth-order valence-corrected chi connectivity index (χ4v) is 0. The summed E-state index contributed by atoms with van der Waals surface area (Å²) in [6, 6.07) is 0. The fourth-order valence-electron chi connectivity index (χ4n) is 0. The normalized spacial score (nSPS) is 0. The average Bonchev–Trinajstić information content (AvgIpc) is 0. The van der Waals surface area contributed by atoms with Crippen molar-refractivity contribution in [3.63, 3.8) is 0 Å². The third-order valence-corrected chi connectivity index (χ3v) is 0. The second-order valence-electron chi connectivity index (χ2n) is 0. The average molecular weight is 278 g/mol. The Morgan fingerprint density at radius 1 is 0.600 bits per heavy atom. The van der Waals surface area contributed by atoms with Gasteiger partial charge in [0, 0.05) is 8.41 Å². The molecule has 0 saturated heterocycles. The summed E-state index contributed by atoms with van der Waals surface area (Å²) in [5, 5.41) is 0. The third-order valence-electron chi connectivity index (χ3n) is 0. The third kappa shape index (κ3) is 23.7. The molecule has 0 fully saturated rings. The number of halogens is 3. The van der Waals surface area contributed by atoms with Gasteiger partial charge in [0.15, 0.2) is 0 Å². The molecule has 0 aromatic carbocycles. The second kappa shape index (κ2) is 36.9. The first-order valence-electron chi connectivity index (χ1n) is 0. The smallest absolute Gasteiger partial charge is 1.00 e. The van der Waals surface area contributed by atoms with E-state index < -0.39 is 0 Å². The van der Waals surface area contributed by atoms with E-state index in [1.54, 1.807) is 0 Å². The van der Waals surface area contributed by atoms with Gasteiger partial charge in [-0.15, -0.1) is 0 Å². The van der Waals surface area contributed by atoms with E-state index >= 15 is 0 Å². The second-order valence-corrected chi connectivity index (χ2v) is 0. The standard InChI is InChI=1S/Al.B.3BrH/h;;3*1H/q+3;;;;/p-3. The maximum absolute atomic E-state index is 0. The van der Waals surface area contributed by atoms with Gasteiger partial charge in [-0.25, -0.2) is 0 Å². The molecule has 27 valence electrons. The molecule has 0 aromatic rings. The van der Waals surface area contributed by atoms with Gasteiger partial charge in [0.05, 0.1) is 0 Å². The minimum absolute atomic E-state index is 0. The number of rotatable bonds is 0. The SMILES string of the molecule is [Al+3].[B].[Br-].[Br-].[Br-]. The molecule has 0 atom stereocenters. The van der Waals surface area contributed by atoms with Gasteiger partial charge in [-0.2, -0.15) is 0 Å². The van der Waals surface area contributed by atoms with Gasteiger partial charge in [-0.3, -0.25) is 0 Å². The first-order valence-corrected chi connectivity index (χ1v) is 0. The summed E-state index contributed by atoms with van der Waals surface area (Å²) in [4.78, 5) is 0. The van der Waals surface area contributed by atoms with Crippen LogP contribution in [0, 0.1) is 0 Å². The summed E-state index contributed by atoms with van der Waals surface area (Å²) < 4.78 is 0. The summed E-state index contributed by atoms with van der Waals surface area (Å²) in [6.45, 7) is 0. The van der Waals surface area contributed by atoms with Crippen molar-refractivity contribution in [2.75, 3.05) is 0 Å². The molecule has 3 radical (unpaired) electrons. The van der Waals surface area contributed by atoms with Crippen LogP contribution in [0.15, 0.2) is 0 Å². The molecule has 0 aromatic heterocycles. The van der Waals surface area contributed by atoms with Crippen molar-refractivity contribution in [1.29, 1.82) is 0 Å². The molecule has 0 amide bonds. The first kappa shape index (κ1) is 61.8. The molecule has 0 nitrogen and oxygen atoms in total. The summed E-state index contributed by atoms with van der Waals surface area (Å²) >= 11 is 0. The maximum Gasteiger partial charge on any atom is 3.00 e. The van der Waals surface area contributed by atoms with E-state index in [4.69, 9.17) is 0 Å². The van der Waals surface area contributed by atoms with E-state index in [1.807, 2.05) is 0 Å². The largest absolute Gasteiger partial charge is 3.00 e. The summed E-state index contributed by atoms with van der Waals surface area (Å²) in [7, 11) is 0. The zero-order valence-corrected chi connectivity index (χ0v) is 8.20. The van der Waals surface area contributed by atoms with Gasteiger partial charge in [-0.1, -0.05) is 0 Å². The number of hydrogen-bond acceptors (Lipinski definition) is 0. The van der Waals surface area contributed by atoms with Crippen LogP contribution < -0.4 is 50.9 Å². The van der Waals surface area contributed by atoms with Crippen LogP contribution in [-0.4, -0.2) is 25.8 Å².